The van der Waals surface area contributed by atoms with E-state index in [-0.39, 0.29) is 22.0 Å². The molecular formula is C24H18ClFN2O3. The molecule has 31 heavy (non-hydrogen) atoms. The van der Waals surface area contributed by atoms with E-state index in [1.165, 1.54) is 12.1 Å². The number of aryl methyl sites for hydroxylation is 1. The van der Waals surface area contributed by atoms with Gasteiger partial charge in [0.15, 0.2) is 0 Å². The highest BCUT2D eigenvalue weighted by atomic mass is 35.5. The van der Waals surface area contributed by atoms with Crippen molar-refractivity contribution in [2.75, 3.05) is 17.3 Å². The molecule has 0 aliphatic carbocycles. The zero-order valence-corrected chi connectivity index (χ0v) is 17.5. The molecule has 5 nitrogen and oxygen atoms in total. The summed E-state index contributed by atoms with van der Waals surface area (Å²) < 4.78 is 18.8. The summed E-state index contributed by atoms with van der Waals surface area (Å²) >= 11 is 5.89. The lowest BCUT2D eigenvalue weighted by Crippen LogP contribution is -2.32. The van der Waals surface area contributed by atoms with Gasteiger partial charge in [-0.1, -0.05) is 41.4 Å². The molecule has 1 aliphatic heterocycles. The van der Waals surface area contributed by atoms with Gasteiger partial charge in [0.2, 0.25) is 0 Å². The number of ether oxygens (including phenoxy) is 1. The van der Waals surface area contributed by atoms with Crippen LogP contribution >= 0.6 is 11.6 Å². The minimum atomic E-state index is -0.633. The van der Waals surface area contributed by atoms with Crippen LogP contribution in [0.25, 0.3) is 5.57 Å². The third-order valence-corrected chi connectivity index (χ3v) is 5.23. The maximum absolute atomic E-state index is 13.6. The second-order valence-corrected chi connectivity index (χ2v) is 7.42. The molecule has 0 aromatic heterocycles. The SMILES string of the molecule is COc1ccc(C2=C(Nc3ccc(C)cc3)C(=O)N(c3ccc(F)c(Cl)c3)C2=O)cc1. The van der Waals surface area contributed by atoms with Crippen LogP contribution in [-0.4, -0.2) is 18.9 Å². The second-order valence-electron chi connectivity index (χ2n) is 7.01. The van der Waals surface area contributed by atoms with Crippen molar-refractivity contribution in [2.24, 2.45) is 0 Å². The largest absolute Gasteiger partial charge is 0.497 e. The third kappa shape index (κ3) is 3.90. The summed E-state index contributed by atoms with van der Waals surface area (Å²) in [6.07, 6.45) is 0. The average molecular weight is 437 g/mol. The molecule has 2 amide bonds. The van der Waals surface area contributed by atoms with Crippen molar-refractivity contribution in [3.8, 4) is 5.75 Å². The summed E-state index contributed by atoms with van der Waals surface area (Å²) in [4.78, 5) is 27.7. The maximum atomic E-state index is 13.6. The fraction of sp³-hybridized carbons (Fsp3) is 0.0833. The van der Waals surface area contributed by atoms with Crippen LogP contribution in [0.5, 0.6) is 5.75 Å². The summed E-state index contributed by atoms with van der Waals surface area (Å²) in [5.74, 6) is -1.10. The minimum absolute atomic E-state index is 0.125. The van der Waals surface area contributed by atoms with Gasteiger partial charge >= 0.3 is 0 Å². The Morgan fingerprint density at radius 3 is 2.23 bits per heavy atom. The van der Waals surface area contributed by atoms with Crippen LogP contribution in [0.2, 0.25) is 5.02 Å². The summed E-state index contributed by atoms with van der Waals surface area (Å²) in [6, 6.07) is 18.0. The monoisotopic (exact) mass is 436 g/mol. The number of halogens is 2. The van der Waals surface area contributed by atoms with Crippen LogP contribution in [0, 0.1) is 12.7 Å². The van der Waals surface area contributed by atoms with Crippen molar-refractivity contribution >= 4 is 40.4 Å². The number of hydrogen-bond donors (Lipinski definition) is 1. The van der Waals surface area contributed by atoms with Crippen LogP contribution in [0.1, 0.15) is 11.1 Å². The lowest BCUT2D eigenvalue weighted by atomic mass is 10.0. The second kappa shape index (κ2) is 8.24. The van der Waals surface area contributed by atoms with Gasteiger partial charge in [-0.05, 0) is 55.0 Å². The molecule has 1 N–H and O–H groups in total. The molecule has 0 atom stereocenters. The number of rotatable bonds is 5. The van der Waals surface area contributed by atoms with Crippen LogP contribution in [0.4, 0.5) is 15.8 Å². The summed E-state index contributed by atoms with van der Waals surface area (Å²) in [7, 11) is 1.54. The van der Waals surface area contributed by atoms with Gasteiger partial charge in [-0.3, -0.25) is 9.59 Å². The molecule has 0 fully saturated rings. The molecule has 3 aromatic carbocycles. The quantitative estimate of drug-likeness (QED) is 0.559. The van der Waals surface area contributed by atoms with Crippen molar-refractivity contribution < 1.29 is 18.7 Å². The van der Waals surface area contributed by atoms with E-state index in [0.717, 1.165) is 16.5 Å². The van der Waals surface area contributed by atoms with Gasteiger partial charge in [-0.25, -0.2) is 9.29 Å². The number of hydrogen-bond acceptors (Lipinski definition) is 4. The Morgan fingerprint density at radius 1 is 0.935 bits per heavy atom. The van der Waals surface area contributed by atoms with Crippen molar-refractivity contribution in [2.45, 2.75) is 6.92 Å². The number of anilines is 2. The van der Waals surface area contributed by atoms with E-state index in [0.29, 0.717) is 17.0 Å². The highest BCUT2D eigenvalue weighted by Gasteiger charge is 2.40. The number of benzene rings is 3. The predicted molar refractivity (Wildman–Crippen MR) is 119 cm³/mol. The van der Waals surface area contributed by atoms with Gasteiger partial charge in [-0.2, -0.15) is 0 Å². The number of nitrogens with zero attached hydrogens (tertiary/aromatic N) is 1. The fourth-order valence-corrected chi connectivity index (χ4v) is 3.49. The number of carbonyl (C=O) groups excluding carboxylic acids is 2. The summed E-state index contributed by atoms with van der Waals surface area (Å²) in [6.45, 7) is 1.95. The Kier molecular flexibility index (Phi) is 5.48. The molecule has 0 saturated carbocycles. The van der Waals surface area contributed by atoms with Gasteiger partial charge in [0, 0.05) is 5.69 Å². The smallest absolute Gasteiger partial charge is 0.282 e. The molecule has 7 heteroatoms. The number of methoxy groups -OCH3 is 1. The number of carbonyl (C=O) groups is 2. The molecule has 1 heterocycles. The normalized spacial score (nSPS) is 13.7. The fourth-order valence-electron chi connectivity index (χ4n) is 3.31. The van der Waals surface area contributed by atoms with Crippen LogP contribution in [-0.2, 0) is 9.59 Å². The number of nitrogens with one attached hydrogen (secondary N) is 1. The van der Waals surface area contributed by atoms with Crippen LogP contribution < -0.4 is 15.0 Å². The summed E-state index contributed by atoms with van der Waals surface area (Å²) in [5.41, 5.74) is 2.78. The first-order valence-electron chi connectivity index (χ1n) is 9.45. The van der Waals surface area contributed by atoms with Crippen molar-refractivity contribution in [1.82, 2.24) is 0 Å². The highest BCUT2D eigenvalue weighted by Crippen LogP contribution is 2.35. The number of amides is 2. The Hall–Kier alpha value is -3.64. The molecule has 0 radical (unpaired) electrons. The standard InChI is InChI=1S/C24H18ClFN2O3/c1-14-3-7-16(8-4-14)27-22-21(15-5-10-18(31-2)11-6-15)23(29)28(24(22)30)17-9-12-20(26)19(25)13-17/h3-13,27H,1-2H3. The van der Waals surface area contributed by atoms with E-state index in [1.54, 1.807) is 31.4 Å². The Bertz CT molecular complexity index is 1200. The highest BCUT2D eigenvalue weighted by molar-refractivity contribution is 6.46. The molecule has 0 bridgehead atoms. The average Bonchev–Trinajstić information content (AvgIpc) is 3.01. The first kappa shape index (κ1) is 20.6. The topological polar surface area (TPSA) is 58.6 Å². The van der Waals surface area contributed by atoms with Crippen molar-refractivity contribution in [1.29, 1.82) is 0 Å². The van der Waals surface area contributed by atoms with Crippen LogP contribution in [0.15, 0.2) is 72.4 Å². The maximum Gasteiger partial charge on any atom is 0.282 e. The van der Waals surface area contributed by atoms with Gasteiger partial charge in [0.1, 0.15) is 17.3 Å². The van der Waals surface area contributed by atoms with Gasteiger partial charge in [-0.15, -0.1) is 0 Å². The molecule has 3 aromatic rings. The van der Waals surface area contributed by atoms with Gasteiger partial charge in [0.05, 0.1) is 23.4 Å². The zero-order valence-electron chi connectivity index (χ0n) is 16.8. The Morgan fingerprint density at radius 2 is 1.61 bits per heavy atom. The van der Waals surface area contributed by atoms with E-state index in [9.17, 15) is 14.0 Å². The van der Waals surface area contributed by atoms with Crippen molar-refractivity contribution in [3.63, 3.8) is 0 Å². The predicted octanol–water partition coefficient (Wildman–Crippen LogP) is 5.19. The van der Waals surface area contributed by atoms with Gasteiger partial charge < -0.3 is 10.1 Å². The molecule has 156 valence electrons. The van der Waals surface area contributed by atoms with E-state index in [1.807, 2.05) is 31.2 Å². The first-order chi connectivity index (χ1) is 14.9. The van der Waals surface area contributed by atoms with E-state index < -0.39 is 17.6 Å². The molecule has 0 spiro atoms. The lowest BCUT2D eigenvalue weighted by molar-refractivity contribution is -0.120. The van der Waals surface area contributed by atoms with Gasteiger partial charge in [0.25, 0.3) is 11.8 Å². The zero-order chi connectivity index (χ0) is 22.1. The molecule has 0 saturated heterocycles. The van der Waals surface area contributed by atoms with E-state index in [4.69, 9.17) is 16.3 Å². The molecule has 0 unspecified atom stereocenters. The molecule has 1 aliphatic rings. The molecular weight excluding hydrogens is 419 g/mol. The third-order valence-electron chi connectivity index (χ3n) is 4.94. The number of imide groups is 1. The van der Waals surface area contributed by atoms with E-state index >= 15 is 0 Å². The minimum Gasteiger partial charge on any atom is -0.497 e. The first-order valence-corrected chi connectivity index (χ1v) is 9.83. The van der Waals surface area contributed by atoms with E-state index in [2.05, 4.69) is 5.32 Å². The molecule has 4 rings (SSSR count). The lowest BCUT2D eigenvalue weighted by Gasteiger charge is -2.16. The van der Waals surface area contributed by atoms with Crippen molar-refractivity contribution in [3.05, 3.63) is 94.4 Å². The Labute approximate surface area is 183 Å². The summed E-state index contributed by atoms with van der Waals surface area (Å²) in [5, 5.41) is 2.90. The Balaban J connectivity index is 1.81. The van der Waals surface area contributed by atoms with Crippen LogP contribution in [0.3, 0.4) is 0 Å².